The Balaban J connectivity index is 1.75. The average molecular weight is 435 g/mol. The first-order valence-corrected chi connectivity index (χ1v) is 8.64. The van der Waals surface area contributed by atoms with Gasteiger partial charge in [-0.05, 0) is 12.1 Å². The lowest BCUT2D eigenvalue weighted by molar-refractivity contribution is -0.143. The molecule has 0 aliphatic rings. The van der Waals surface area contributed by atoms with Gasteiger partial charge in [-0.2, -0.15) is 0 Å². The number of ether oxygens (including phenoxy) is 1. The summed E-state index contributed by atoms with van der Waals surface area (Å²) in [6, 6.07) is 6.67. The molecule has 0 radical (unpaired) electrons. The number of halogens is 1. The maximum absolute atomic E-state index is 12.3. The molecular formula is C17H15BrN4O5. The van der Waals surface area contributed by atoms with Crippen LogP contribution in [0.5, 0.6) is 0 Å². The number of imidazole rings is 1. The Kier molecular flexibility index (Phi) is 5.08. The molecule has 10 heteroatoms. The Morgan fingerprint density at radius 1 is 1.11 bits per heavy atom. The predicted molar refractivity (Wildman–Crippen MR) is 99.6 cm³/mol. The molecule has 0 bridgehead atoms. The minimum atomic E-state index is -0.698. The van der Waals surface area contributed by atoms with Gasteiger partial charge in [-0.25, -0.2) is 9.78 Å². The van der Waals surface area contributed by atoms with E-state index < -0.39 is 23.8 Å². The molecule has 0 fully saturated rings. The lowest BCUT2D eigenvalue weighted by Gasteiger charge is -2.07. The van der Waals surface area contributed by atoms with Crippen molar-refractivity contribution in [3.63, 3.8) is 0 Å². The zero-order valence-corrected chi connectivity index (χ0v) is 16.1. The Morgan fingerprint density at radius 2 is 1.78 bits per heavy atom. The number of ketones is 1. The number of fused-ring (bicyclic) bond motifs is 1. The maximum atomic E-state index is 12.3. The maximum Gasteiger partial charge on any atom is 0.332 e. The topological polar surface area (TPSA) is 105 Å². The zero-order valence-electron chi connectivity index (χ0n) is 14.5. The van der Waals surface area contributed by atoms with Crippen LogP contribution in [0.3, 0.4) is 0 Å². The van der Waals surface area contributed by atoms with Crippen molar-refractivity contribution in [3.8, 4) is 0 Å². The Morgan fingerprint density at radius 3 is 2.44 bits per heavy atom. The second-order valence-corrected chi connectivity index (χ2v) is 6.76. The Bertz CT molecular complexity index is 1160. The van der Waals surface area contributed by atoms with Crippen LogP contribution in [0.15, 0.2) is 44.7 Å². The number of nitrogens with zero attached hydrogens (tertiary/aromatic N) is 4. The van der Waals surface area contributed by atoms with Crippen molar-refractivity contribution in [2.24, 2.45) is 14.1 Å². The van der Waals surface area contributed by atoms with Crippen molar-refractivity contribution in [1.29, 1.82) is 0 Å². The molecule has 0 aliphatic carbocycles. The van der Waals surface area contributed by atoms with Crippen molar-refractivity contribution in [2.45, 2.75) is 6.54 Å². The summed E-state index contributed by atoms with van der Waals surface area (Å²) in [6.45, 7) is -0.721. The molecule has 0 N–H and O–H groups in total. The largest absolute Gasteiger partial charge is 0.456 e. The second kappa shape index (κ2) is 7.31. The number of Topliss-reactive ketones (excluding diaryl/α,β-unsaturated/α-hetero) is 1. The molecule has 3 rings (SSSR count). The van der Waals surface area contributed by atoms with Gasteiger partial charge >= 0.3 is 11.7 Å². The van der Waals surface area contributed by atoms with Gasteiger partial charge in [-0.1, -0.05) is 28.1 Å². The van der Waals surface area contributed by atoms with Crippen LogP contribution in [0.25, 0.3) is 11.2 Å². The summed E-state index contributed by atoms with van der Waals surface area (Å²) in [5, 5.41) is 0. The molecule has 9 nitrogen and oxygen atoms in total. The standard InChI is InChI=1S/C17H15BrN4O5/c1-20-15-14(16(25)21(2)17(20)26)22(9-19-15)7-13(24)27-8-12(23)10-3-5-11(18)6-4-10/h3-6,9H,7-8H2,1-2H3. The predicted octanol–water partition coefficient (Wildman–Crippen LogP) is 0.622. The number of carbonyl (C=O) groups excluding carboxylic acids is 2. The number of hydrogen-bond acceptors (Lipinski definition) is 6. The second-order valence-electron chi connectivity index (χ2n) is 5.84. The summed E-state index contributed by atoms with van der Waals surface area (Å²) < 4.78 is 9.29. The van der Waals surface area contributed by atoms with Gasteiger partial charge in [0.05, 0.1) is 6.33 Å². The average Bonchev–Trinajstić information content (AvgIpc) is 3.07. The van der Waals surface area contributed by atoms with Gasteiger partial charge in [0, 0.05) is 24.1 Å². The molecule has 0 saturated carbocycles. The van der Waals surface area contributed by atoms with Gasteiger partial charge in [0.1, 0.15) is 6.54 Å². The summed E-state index contributed by atoms with van der Waals surface area (Å²) >= 11 is 3.28. The van der Waals surface area contributed by atoms with Gasteiger partial charge < -0.3 is 9.30 Å². The summed E-state index contributed by atoms with van der Waals surface area (Å²) in [7, 11) is 2.83. The Hall–Kier alpha value is -3.01. The lowest BCUT2D eigenvalue weighted by Crippen LogP contribution is -2.37. The van der Waals surface area contributed by atoms with E-state index in [0.29, 0.717) is 5.56 Å². The number of rotatable bonds is 5. The lowest BCUT2D eigenvalue weighted by atomic mass is 10.1. The van der Waals surface area contributed by atoms with Gasteiger partial charge in [-0.15, -0.1) is 0 Å². The summed E-state index contributed by atoms with van der Waals surface area (Å²) in [4.78, 5) is 52.4. The molecule has 2 heterocycles. The number of aryl methyl sites for hydroxylation is 1. The van der Waals surface area contributed by atoms with Crippen LogP contribution >= 0.6 is 15.9 Å². The number of aromatic nitrogens is 4. The highest BCUT2D eigenvalue weighted by atomic mass is 79.9. The summed E-state index contributed by atoms with van der Waals surface area (Å²) in [5.74, 6) is -1.04. The van der Waals surface area contributed by atoms with E-state index in [-0.39, 0.29) is 23.5 Å². The number of hydrogen-bond donors (Lipinski definition) is 0. The number of esters is 1. The van der Waals surface area contributed by atoms with E-state index >= 15 is 0 Å². The van der Waals surface area contributed by atoms with Crippen LogP contribution in [-0.4, -0.2) is 37.0 Å². The third-order valence-corrected chi connectivity index (χ3v) is 4.58. The molecule has 140 valence electrons. The van der Waals surface area contributed by atoms with Crippen molar-refractivity contribution in [1.82, 2.24) is 18.7 Å². The molecule has 0 amide bonds. The molecule has 27 heavy (non-hydrogen) atoms. The quantitative estimate of drug-likeness (QED) is 0.430. The monoisotopic (exact) mass is 434 g/mol. The molecule has 0 aliphatic heterocycles. The van der Waals surface area contributed by atoms with Gasteiger partial charge in [0.25, 0.3) is 5.56 Å². The van der Waals surface area contributed by atoms with Gasteiger partial charge in [0.15, 0.2) is 23.6 Å². The smallest absolute Gasteiger partial charge is 0.332 e. The van der Waals surface area contributed by atoms with Crippen molar-refractivity contribution in [2.75, 3.05) is 6.61 Å². The van der Waals surface area contributed by atoms with Crippen LogP contribution in [0.4, 0.5) is 0 Å². The fourth-order valence-electron chi connectivity index (χ4n) is 2.57. The summed E-state index contributed by atoms with van der Waals surface area (Å²) in [5.41, 5.74) is -0.384. The van der Waals surface area contributed by atoms with Crippen molar-refractivity contribution < 1.29 is 14.3 Å². The van der Waals surface area contributed by atoms with Crippen LogP contribution in [0, 0.1) is 0 Å². The van der Waals surface area contributed by atoms with Crippen LogP contribution in [0.1, 0.15) is 10.4 Å². The molecular weight excluding hydrogens is 420 g/mol. The third kappa shape index (κ3) is 3.61. The van der Waals surface area contributed by atoms with Crippen LogP contribution in [-0.2, 0) is 30.2 Å². The van der Waals surface area contributed by atoms with E-state index in [2.05, 4.69) is 20.9 Å². The number of benzene rings is 1. The van der Waals surface area contributed by atoms with E-state index in [1.165, 1.54) is 29.6 Å². The summed E-state index contributed by atoms with van der Waals surface area (Å²) in [6.07, 6.45) is 1.28. The van der Waals surface area contributed by atoms with Crippen molar-refractivity contribution in [3.05, 3.63) is 61.5 Å². The van der Waals surface area contributed by atoms with Gasteiger partial charge in [0.2, 0.25) is 0 Å². The fourth-order valence-corrected chi connectivity index (χ4v) is 2.83. The van der Waals surface area contributed by atoms with Crippen LogP contribution < -0.4 is 11.2 Å². The zero-order chi connectivity index (χ0) is 19.7. The van der Waals surface area contributed by atoms with Gasteiger partial charge in [-0.3, -0.25) is 23.5 Å². The molecule has 2 aromatic heterocycles. The highest BCUT2D eigenvalue weighted by Gasteiger charge is 2.17. The minimum Gasteiger partial charge on any atom is -0.456 e. The van der Waals surface area contributed by atoms with E-state index in [0.717, 1.165) is 9.04 Å². The molecule has 0 unspecified atom stereocenters. The van der Waals surface area contributed by atoms with E-state index in [1.807, 2.05) is 0 Å². The SMILES string of the molecule is Cn1c(=O)c2c(ncn2CC(=O)OCC(=O)c2ccc(Br)cc2)n(C)c1=O. The highest BCUT2D eigenvalue weighted by molar-refractivity contribution is 9.10. The Labute approximate surface area is 160 Å². The molecule has 3 aromatic rings. The van der Waals surface area contributed by atoms with E-state index in [1.54, 1.807) is 24.3 Å². The first-order valence-electron chi connectivity index (χ1n) is 7.85. The fraction of sp³-hybridized carbons (Fsp3) is 0.235. The first-order chi connectivity index (χ1) is 12.8. The van der Waals surface area contributed by atoms with Crippen molar-refractivity contribution >= 4 is 38.8 Å². The molecule has 1 aromatic carbocycles. The van der Waals surface area contributed by atoms with E-state index in [4.69, 9.17) is 4.74 Å². The third-order valence-electron chi connectivity index (χ3n) is 4.05. The molecule has 0 saturated heterocycles. The molecule has 0 atom stereocenters. The highest BCUT2D eigenvalue weighted by Crippen LogP contribution is 2.11. The molecule has 0 spiro atoms. The first kappa shape index (κ1) is 18.8. The minimum absolute atomic E-state index is 0.107. The van der Waals surface area contributed by atoms with E-state index in [9.17, 15) is 19.2 Å². The van der Waals surface area contributed by atoms with Crippen LogP contribution in [0.2, 0.25) is 0 Å². The number of carbonyl (C=O) groups is 2. The normalized spacial score (nSPS) is 10.9.